The molecule has 0 aliphatic carbocycles. The second-order valence-corrected chi connectivity index (χ2v) is 4.61. The van der Waals surface area contributed by atoms with E-state index in [2.05, 4.69) is 15.4 Å². The standard InChI is InChI=1S/C16H17FN2O2/c1-11(12-3-5-13(17)6-4-12)18-14-7-9-15(10-8-14)19-16(20)21-2/h3-11,18H,1-2H3,(H,19,20). The minimum atomic E-state index is -0.504. The van der Waals surface area contributed by atoms with Crippen molar-refractivity contribution < 1.29 is 13.9 Å². The van der Waals surface area contributed by atoms with Crippen LogP contribution in [0.1, 0.15) is 18.5 Å². The number of benzene rings is 2. The molecular formula is C16H17FN2O2. The predicted molar refractivity (Wildman–Crippen MR) is 80.9 cm³/mol. The van der Waals surface area contributed by atoms with Crippen molar-refractivity contribution in [1.29, 1.82) is 0 Å². The van der Waals surface area contributed by atoms with Crippen molar-refractivity contribution in [1.82, 2.24) is 0 Å². The summed E-state index contributed by atoms with van der Waals surface area (Å²) in [5, 5.41) is 5.89. The van der Waals surface area contributed by atoms with Gasteiger partial charge in [0, 0.05) is 17.4 Å². The van der Waals surface area contributed by atoms with Gasteiger partial charge in [0.2, 0.25) is 0 Å². The van der Waals surface area contributed by atoms with Gasteiger partial charge in [0.1, 0.15) is 5.82 Å². The van der Waals surface area contributed by atoms with Gasteiger partial charge in [0.25, 0.3) is 0 Å². The van der Waals surface area contributed by atoms with Crippen molar-refractivity contribution >= 4 is 17.5 Å². The number of methoxy groups -OCH3 is 1. The van der Waals surface area contributed by atoms with Crippen LogP contribution in [-0.4, -0.2) is 13.2 Å². The van der Waals surface area contributed by atoms with Gasteiger partial charge in [-0.05, 0) is 48.9 Å². The van der Waals surface area contributed by atoms with E-state index in [0.29, 0.717) is 5.69 Å². The molecule has 0 spiro atoms. The van der Waals surface area contributed by atoms with Gasteiger partial charge < -0.3 is 10.1 Å². The molecule has 0 heterocycles. The number of carbonyl (C=O) groups excluding carboxylic acids is 1. The first-order valence-electron chi connectivity index (χ1n) is 6.55. The van der Waals surface area contributed by atoms with Gasteiger partial charge in [-0.3, -0.25) is 5.32 Å². The lowest BCUT2D eigenvalue weighted by atomic mass is 10.1. The fourth-order valence-electron chi connectivity index (χ4n) is 1.90. The molecule has 0 aliphatic rings. The summed E-state index contributed by atoms with van der Waals surface area (Å²) in [6, 6.07) is 13.7. The van der Waals surface area contributed by atoms with Crippen LogP contribution in [0.15, 0.2) is 48.5 Å². The molecular weight excluding hydrogens is 271 g/mol. The molecule has 2 rings (SSSR count). The van der Waals surface area contributed by atoms with Crippen molar-refractivity contribution in [3.05, 3.63) is 59.9 Å². The molecule has 0 fully saturated rings. The molecule has 4 nitrogen and oxygen atoms in total. The lowest BCUT2D eigenvalue weighted by molar-refractivity contribution is 0.187. The summed E-state index contributed by atoms with van der Waals surface area (Å²) in [5.41, 5.74) is 2.55. The van der Waals surface area contributed by atoms with Crippen LogP contribution in [0, 0.1) is 5.82 Å². The monoisotopic (exact) mass is 288 g/mol. The molecule has 0 aliphatic heterocycles. The second-order valence-electron chi connectivity index (χ2n) is 4.61. The number of nitrogens with one attached hydrogen (secondary N) is 2. The average Bonchev–Trinajstić information content (AvgIpc) is 2.49. The molecule has 1 unspecified atom stereocenters. The van der Waals surface area contributed by atoms with Crippen LogP contribution >= 0.6 is 0 Å². The van der Waals surface area contributed by atoms with Gasteiger partial charge in [-0.1, -0.05) is 12.1 Å². The first-order valence-corrected chi connectivity index (χ1v) is 6.55. The zero-order valence-corrected chi connectivity index (χ0v) is 11.9. The van der Waals surface area contributed by atoms with E-state index in [4.69, 9.17) is 0 Å². The Labute approximate surface area is 122 Å². The molecule has 2 N–H and O–H groups in total. The van der Waals surface area contributed by atoms with Crippen molar-refractivity contribution in [2.45, 2.75) is 13.0 Å². The molecule has 0 aromatic heterocycles. The molecule has 21 heavy (non-hydrogen) atoms. The molecule has 1 amide bonds. The van der Waals surface area contributed by atoms with E-state index < -0.39 is 6.09 Å². The fraction of sp³-hybridized carbons (Fsp3) is 0.188. The molecule has 2 aromatic rings. The summed E-state index contributed by atoms with van der Waals surface area (Å²) < 4.78 is 17.4. The van der Waals surface area contributed by atoms with Crippen LogP contribution in [0.5, 0.6) is 0 Å². The predicted octanol–water partition coefficient (Wildman–Crippen LogP) is 4.18. The Balaban J connectivity index is 1.99. The van der Waals surface area contributed by atoms with Crippen molar-refractivity contribution in [2.24, 2.45) is 0 Å². The van der Waals surface area contributed by atoms with E-state index in [1.807, 2.05) is 19.1 Å². The number of hydrogen-bond acceptors (Lipinski definition) is 3. The van der Waals surface area contributed by atoms with Gasteiger partial charge in [-0.15, -0.1) is 0 Å². The van der Waals surface area contributed by atoms with E-state index in [1.165, 1.54) is 19.2 Å². The molecule has 0 radical (unpaired) electrons. The van der Waals surface area contributed by atoms with Gasteiger partial charge in [0.05, 0.1) is 7.11 Å². The maximum absolute atomic E-state index is 12.9. The second kappa shape index (κ2) is 6.74. The molecule has 2 aromatic carbocycles. The largest absolute Gasteiger partial charge is 0.453 e. The van der Waals surface area contributed by atoms with Crippen LogP contribution in [0.25, 0.3) is 0 Å². The number of ether oxygens (including phenoxy) is 1. The van der Waals surface area contributed by atoms with Gasteiger partial charge in [-0.25, -0.2) is 9.18 Å². The molecule has 110 valence electrons. The summed E-state index contributed by atoms with van der Waals surface area (Å²) in [5.74, 6) is -0.246. The lowest BCUT2D eigenvalue weighted by Crippen LogP contribution is -2.11. The quantitative estimate of drug-likeness (QED) is 0.887. The highest BCUT2D eigenvalue weighted by Crippen LogP contribution is 2.21. The van der Waals surface area contributed by atoms with Crippen LogP contribution < -0.4 is 10.6 Å². The summed E-state index contributed by atoms with van der Waals surface area (Å²) in [6.07, 6.45) is -0.504. The third kappa shape index (κ3) is 4.21. The molecule has 5 heteroatoms. The highest BCUT2D eigenvalue weighted by Gasteiger charge is 2.06. The van der Waals surface area contributed by atoms with Crippen LogP contribution in [0.2, 0.25) is 0 Å². The van der Waals surface area contributed by atoms with E-state index >= 15 is 0 Å². The van der Waals surface area contributed by atoms with Crippen molar-refractivity contribution in [3.8, 4) is 0 Å². The number of carbonyl (C=O) groups is 1. The summed E-state index contributed by atoms with van der Waals surface area (Å²) in [4.78, 5) is 11.1. The normalized spacial score (nSPS) is 11.6. The number of halogens is 1. The Kier molecular flexibility index (Phi) is 4.77. The van der Waals surface area contributed by atoms with Crippen LogP contribution in [0.4, 0.5) is 20.6 Å². The fourth-order valence-corrected chi connectivity index (χ4v) is 1.90. The average molecular weight is 288 g/mol. The Morgan fingerprint density at radius 3 is 2.19 bits per heavy atom. The zero-order chi connectivity index (χ0) is 15.2. The highest BCUT2D eigenvalue weighted by atomic mass is 19.1. The Morgan fingerprint density at radius 1 is 1.05 bits per heavy atom. The van der Waals surface area contributed by atoms with Crippen LogP contribution in [0.3, 0.4) is 0 Å². The van der Waals surface area contributed by atoms with Crippen molar-refractivity contribution in [3.63, 3.8) is 0 Å². The molecule has 0 saturated heterocycles. The number of hydrogen-bond donors (Lipinski definition) is 2. The maximum atomic E-state index is 12.9. The first-order chi connectivity index (χ1) is 10.1. The minimum absolute atomic E-state index is 0.0463. The third-order valence-electron chi connectivity index (χ3n) is 3.07. The Hall–Kier alpha value is -2.56. The van der Waals surface area contributed by atoms with Crippen molar-refractivity contribution in [2.75, 3.05) is 17.7 Å². The van der Waals surface area contributed by atoms with Gasteiger partial charge in [0.15, 0.2) is 0 Å². The zero-order valence-electron chi connectivity index (χ0n) is 11.9. The summed E-state index contributed by atoms with van der Waals surface area (Å²) in [7, 11) is 1.32. The van der Waals surface area contributed by atoms with Gasteiger partial charge in [-0.2, -0.15) is 0 Å². The van der Waals surface area contributed by atoms with E-state index in [-0.39, 0.29) is 11.9 Å². The molecule has 0 saturated carbocycles. The summed E-state index contributed by atoms with van der Waals surface area (Å²) >= 11 is 0. The van der Waals surface area contributed by atoms with E-state index in [0.717, 1.165) is 11.3 Å². The SMILES string of the molecule is COC(=O)Nc1ccc(NC(C)c2ccc(F)cc2)cc1. The van der Waals surface area contributed by atoms with E-state index in [1.54, 1.807) is 24.3 Å². The number of anilines is 2. The number of amides is 1. The minimum Gasteiger partial charge on any atom is -0.453 e. The lowest BCUT2D eigenvalue weighted by Gasteiger charge is -2.16. The van der Waals surface area contributed by atoms with Gasteiger partial charge >= 0.3 is 6.09 Å². The Morgan fingerprint density at radius 2 is 1.62 bits per heavy atom. The number of rotatable bonds is 4. The summed E-state index contributed by atoms with van der Waals surface area (Å²) in [6.45, 7) is 1.99. The van der Waals surface area contributed by atoms with Crippen LogP contribution in [-0.2, 0) is 4.74 Å². The highest BCUT2D eigenvalue weighted by molar-refractivity contribution is 5.84. The Bertz CT molecular complexity index is 597. The molecule has 1 atom stereocenters. The van der Waals surface area contributed by atoms with E-state index in [9.17, 15) is 9.18 Å². The smallest absolute Gasteiger partial charge is 0.411 e. The molecule has 0 bridgehead atoms. The third-order valence-corrected chi connectivity index (χ3v) is 3.07. The first kappa shape index (κ1) is 14.8. The maximum Gasteiger partial charge on any atom is 0.411 e. The topological polar surface area (TPSA) is 50.4 Å².